The van der Waals surface area contributed by atoms with Gasteiger partial charge in [-0.15, -0.1) is 0 Å². The number of hydrogen-bond acceptors (Lipinski definition) is 5. The lowest BCUT2D eigenvalue weighted by molar-refractivity contribution is -0.422. The van der Waals surface area contributed by atoms with Gasteiger partial charge in [0.05, 0.1) is 11.2 Å². The van der Waals surface area contributed by atoms with Crippen molar-refractivity contribution in [1.82, 2.24) is 0 Å². The normalized spacial score (nSPS) is 11.2. The van der Waals surface area contributed by atoms with Gasteiger partial charge < -0.3 is 9.15 Å². The number of hydrogen-bond donors (Lipinski definition) is 0. The number of nitro groups is 1. The Hall–Kier alpha value is -2.89. The molecule has 2 rings (SSSR count). The fraction of sp³-hybridized carbons (Fsp3) is 0.0714. The van der Waals surface area contributed by atoms with E-state index in [1.54, 1.807) is 30.3 Å². The Morgan fingerprint density at radius 1 is 1.30 bits per heavy atom. The van der Waals surface area contributed by atoms with Gasteiger partial charge in [0.15, 0.2) is 0 Å². The van der Waals surface area contributed by atoms with Crippen molar-refractivity contribution < 1.29 is 18.9 Å². The number of rotatable bonds is 4. The largest absolute Gasteiger partial charge is 0.457 e. The van der Waals surface area contributed by atoms with Crippen molar-refractivity contribution in [1.29, 1.82) is 0 Å². The molecule has 0 saturated heterocycles. The van der Waals surface area contributed by atoms with Crippen molar-refractivity contribution in [3.05, 3.63) is 69.8 Å². The molecular formula is C14H11NO5. The number of allylic oxidation sites excluding steroid dienone is 1. The predicted molar refractivity (Wildman–Crippen MR) is 70.8 cm³/mol. The van der Waals surface area contributed by atoms with Crippen LogP contribution in [-0.4, -0.2) is 10.9 Å². The summed E-state index contributed by atoms with van der Waals surface area (Å²) >= 11 is 0. The quantitative estimate of drug-likeness (QED) is 0.370. The van der Waals surface area contributed by atoms with Crippen LogP contribution in [0.2, 0.25) is 0 Å². The second-order valence-electron chi connectivity index (χ2n) is 3.95. The van der Waals surface area contributed by atoms with E-state index in [0.717, 1.165) is 0 Å². The number of benzene rings is 1. The maximum Gasteiger partial charge on any atom is 0.379 e. The molecule has 0 aliphatic rings. The molecule has 1 heterocycles. The van der Waals surface area contributed by atoms with E-state index in [1.807, 2.05) is 0 Å². The van der Waals surface area contributed by atoms with E-state index >= 15 is 0 Å². The number of ether oxygens (including phenoxy) is 1. The summed E-state index contributed by atoms with van der Waals surface area (Å²) in [6, 6.07) is 9.59. The molecule has 0 spiro atoms. The Labute approximate surface area is 114 Å². The molecule has 20 heavy (non-hydrogen) atoms. The highest BCUT2D eigenvalue weighted by atomic mass is 16.6. The summed E-state index contributed by atoms with van der Waals surface area (Å²) in [5.74, 6) is -0.362. The first-order valence-corrected chi connectivity index (χ1v) is 5.75. The summed E-state index contributed by atoms with van der Waals surface area (Å²) in [5.41, 5.74) is 0.396. The molecule has 6 heteroatoms. The molecule has 2 aromatic rings. The molecule has 0 bridgehead atoms. The zero-order valence-corrected chi connectivity index (χ0v) is 10.6. The first-order chi connectivity index (χ1) is 9.58. The van der Waals surface area contributed by atoms with Crippen LogP contribution in [0.3, 0.4) is 0 Å². The van der Waals surface area contributed by atoms with E-state index in [-0.39, 0.29) is 17.2 Å². The van der Waals surface area contributed by atoms with Crippen LogP contribution in [0.5, 0.6) is 5.75 Å². The van der Waals surface area contributed by atoms with E-state index < -0.39 is 10.9 Å². The first kappa shape index (κ1) is 13.5. The number of esters is 1. The average Bonchev–Trinajstić information content (AvgIpc) is 2.94. The molecule has 0 aliphatic carbocycles. The zero-order chi connectivity index (χ0) is 14.5. The van der Waals surface area contributed by atoms with Crippen LogP contribution < -0.4 is 4.74 Å². The van der Waals surface area contributed by atoms with Gasteiger partial charge in [0.25, 0.3) is 0 Å². The van der Waals surface area contributed by atoms with Crippen molar-refractivity contribution in [2.24, 2.45) is 0 Å². The Morgan fingerprint density at radius 3 is 2.70 bits per heavy atom. The monoisotopic (exact) mass is 273 g/mol. The van der Waals surface area contributed by atoms with E-state index in [9.17, 15) is 14.9 Å². The second kappa shape index (κ2) is 5.83. The predicted octanol–water partition coefficient (Wildman–Crippen LogP) is 3.14. The van der Waals surface area contributed by atoms with Crippen molar-refractivity contribution in [3.63, 3.8) is 0 Å². The molecule has 0 radical (unpaired) electrons. The smallest absolute Gasteiger partial charge is 0.379 e. The van der Waals surface area contributed by atoms with Gasteiger partial charge in [-0.3, -0.25) is 10.1 Å². The van der Waals surface area contributed by atoms with Crippen LogP contribution in [0.25, 0.3) is 6.08 Å². The SMILES string of the molecule is C/C(=C\c1ccccc1OC(=O)c1ccco1)[N+](=O)[O-]. The first-order valence-electron chi connectivity index (χ1n) is 5.75. The zero-order valence-electron chi connectivity index (χ0n) is 10.6. The van der Waals surface area contributed by atoms with Crippen LogP contribution in [0.4, 0.5) is 0 Å². The molecule has 1 aromatic heterocycles. The third-order valence-electron chi connectivity index (χ3n) is 2.50. The van der Waals surface area contributed by atoms with Crippen LogP contribution in [0, 0.1) is 10.1 Å². The molecule has 0 amide bonds. The average molecular weight is 273 g/mol. The lowest BCUT2D eigenvalue weighted by Gasteiger charge is -2.05. The minimum atomic E-state index is -0.658. The van der Waals surface area contributed by atoms with Crippen molar-refractivity contribution in [3.8, 4) is 5.75 Å². The molecule has 0 N–H and O–H groups in total. The number of carbonyl (C=O) groups is 1. The maximum absolute atomic E-state index is 11.8. The number of carbonyl (C=O) groups excluding carboxylic acids is 1. The highest BCUT2D eigenvalue weighted by Crippen LogP contribution is 2.22. The summed E-state index contributed by atoms with van der Waals surface area (Å²) in [6.45, 7) is 1.37. The molecule has 0 atom stereocenters. The lowest BCUT2D eigenvalue weighted by Crippen LogP contribution is -2.08. The van der Waals surface area contributed by atoms with Gasteiger partial charge in [0.2, 0.25) is 11.5 Å². The molecule has 0 saturated carbocycles. The number of nitrogens with zero attached hydrogens (tertiary/aromatic N) is 1. The van der Waals surface area contributed by atoms with Crippen molar-refractivity contribution in [2.45, 2.75) is 6.92 Å². The Bertz CT molecular complexity index is 658. The van der Waals surface area contributed by atoms with E-state index in [1.165, 1.54) is 25.3 Å². The highest BCUT2D eigenvalue weighted by molar-refractivity contribution is 5.88. The van der Waals surface area contributed by atoms with Gasteiger partial charge in [0.1, 0.15) is 5.75 Å². The van der Waals surface area contributed by atoms with E-state index in [4.69, 9.17) is 9.15 Å². The third-order valence-corrected chi connectivity index (χ3v) is 2.50. The number of furan rings is 1. The topological polar surface area (TPSA) is 82.6 Å². The van der Waals surface area contributed by atoms with Gasteiger partial charge in [-0.05, 0) is 18.2 Å². The van der Waals surface area contributed by atoms with Crippen LogP contribution in [-0.2, 0) is 0 Å². The van der Waals surface area contributed by atoms with Crippen LogP contribution in [0.15, 0.2) is 52.8 Å². The fourth-order valence-corrected chi connectivity index (χ4v) is 1.52. The molecule has 0 fully saturated rings. The molecule has 102 valence electrons. The summed E-state index contributed by atoms with van der Waals surface area (Å²) in [7, 11) is 0. The number of para-hydroxylation sites is 1. The highest BCUT2D eigenvalue weighted by Gasteiger charge is 2.14. The summed E-state index contributed by atoms with van der Waals surface area (Å²) < 4.78 is 10.1. The standard InChI is InChI=1S/C14H11NO5/c1-10(15(17)18)9-11-5-2-3-6-12(11)20-14(16)13-7-4-8-19-13/h2-9H,1H3/b10-9+. The van der Waals surface area contributed by atoms with Gasteiger partial charge in [-0.2, -0.15) is 0 Å². The Morgan fingerprint density at radius 2 is 2.05 bits per heavy atom. The van der Waals surface area contributed by atoms with E-state index in [2.05, 4.69) is 0 Å². The van der Waals surface area contributed by atoms with Crippen LogP contribution >= 0.6 is 0 Å². The molecular weight excluding hydrogens is 262 g/mol. The molecule has 1 aromatic carbocycles. The van der Waals surface area contributed by atoms with Gasteiger partial charge in [-0.1, -0.05) is 18.2 Å². The summed E-state index contributed by atoms with van der Waals surface area (Å²) in [4.78, 5) is 21.9. The van der Waals surface area contributed by atoms with Crippen molar-refractivity contribution >= 4 is 12.0 Å². The lowest BCUT2D eigenvalue weighted by atomic mass is 10.2. The van der Waals surface area contributed by atoms with Gasteiger partial charge >= 0.3 is 5.97 Å². The van der Waals surface area contributed by atoms with Gasteiger partial charge in [0, 0.05) is 18.6 Å². The van der Waals surface area contributed by atoms with Crippen LogP contribution in [0.1, 0.15) is 23.0 Å². The minimum absolute atomic E-state index is 0.0495. The molecule has 0 unspecified atom stereocenters. The maximum atomic E-state index is 11.8. The van der Waals surface area contributed by atoms with Crippen molar-refractivity contribution in [2.75, 3.05) is 0 Å². The molecule has 0 aliphatic heterocycles. The third kappa shape index (κ3) is 3.11. The summed E-state index contributed by atoms with van der Waals surface area (Å²) in [5, 5.41) is 10.6. The van der Waals surface area contributed by atoms with E-state index in [0.29, 0.717) is 5.56 Å². The molecule has 6 nitrogen and oxygen atoms in total. The minimum Gasteiger partial charge on any atom is -0.457 e. The Kier molecular flexibility index (Phi) is 3.95. The Balaban J connectivity index is 2.27. The fourth-order valence-electron chi connectivity index (χ4n) is 1.52. The second-order valence-corrected chi connectivity index (χ2v) is 3.95. The summed E-state index contributed by atoms with van der Waals surface area (Å²) in [6.07, 6.45) is 2.70. The van der Waals surface area contributed by atoms with Gasteiger partial charge in [-0.25, -0.2) is 4.79 Å².